The molecule has 7 nitrogen and oxygen atoms in total. The number of hydrogen-bond acceptors (Lipinski definition) is 4. The minimum Gasteiger partial charge on any atom is -0.478 e. The lowest BCUT2D eigenvalue weighted by atomic mass is 10.0. The van der Waals surface area contributed by atoms with Gasteiger partial charge in [-0.25, -0.2) is 4.79 Å². The molecule has 0 radical (unpaired) electrons. The molecule has 0 saturated heterocycles. The second kappa shape index (κ2) is 10.6. The van der Waals surface area contributed by atoms with E-state index in [1.54, 1.807) is 0 Å². The number of anilines is 1. The molecule has 0 bridgehead atoms. The van der Waals surface area contributed by atoms with Crippen molar-refractivity contribution >= 4 is 39.8 Å². The Bertz CT molecular complexity index is 1230. The van der Waals surface area contributed by atoms with Gasteiger partial charge in [0.2, 0.25) is 5.91 Å². The Labute approximate surface area is 192 Å². The van der Waals surface area contributed by atoms with Crippen LogP contribution in [0.25, 0.3) is 16.3 Å². The van der Waals surface area contributed by atoms with Crippen molar-refractivity contribution in [1.82, 2.24) is 10.2 Å². The molecule has 0 heterocycles. The molecule has 2 amide bonds. The van der Waals surface area contributed by atoms with Gasteiger partial charge in [-0.2, -0.15) is 0 Å². The number of likely N-dealkylation sites (N-methyl/N-ethyl adjacent to an activating group) is 1. The van der Waals surface area contributed by atoms with E-state index in [4.69, 9.17) is 0 Å². The summed E-state index contributed by atoms with van der Waals surface area (Å²) in [5, 5.41) is 17.0. The molecule has 0 aromatic heterocycles. The average molecular weight is 446 g/mol. The van der Waals surface area contributed by atoms with Crippen molar-refractivity contribution < 1.29 is 19.5 Å². The fourth-order valence-electron chi connectivity index (χ4n) is 3.35. The summed E-state index contributed by atoms with van der Waals surface area (Å²) in [6, 6.07) is 18.0. The summed E-state index contributed by atoms with van der Waals surface area (Å²) in [4.78, 5) is 38.7. The molecule has 0 fully saturated rings. The van der Waals surface area contributed by atoms with Crippen molar-refractivity contribution in [2.24, 2.45) is 0 Å². The van der Waals surface area contributed by atoms with Crippen LogP contribution in [-0.4, -0.2) is 55.0 Å². The lowest BCUT2D eigenvalue weighted by Gasteiger charge is -2.12. The number of carboxylic acids is 1. The Hall–Kier alpha value is -3.97. The highest BCUT2D eigenvalue weighted by molar-refractivity contribution is 6.08. The molecule has 0 atom stereocenters. The van der Waals surface area contributed by atoms with Gasteiger partial charge in [0.25, 0.3) is 5.91 Å². The van der Waals surface area contributed by atoms with Crippen molar-refractivity contribution in [3.05, 3.63) is 83.4 Å². The van der Waals surface area contributed by atoms with E-state index >= 15 is 0 Å². The van der Waals surface area contributed by atoms with E-state index in [2.05, 4.69) is 10.6 Å². The lowest BCUT2D eigenvalue weighted by molar-refractivity contribution is -0.111. The van der Waals surface area contributed by atoms with Gasteiger partial charge in [-0.05, 0) is 67.2 Å². The van der Waals surface area contributed by atoms with Crippen LogP contribution in [0.2, 0.25) is 0 Å². The van der Waals surface area contributed by atoms with Gasteiger partial charge in [-0.15, -0.1) is 0 Å². The van der Waals surface area contributed by atoms with E-state index in [1.807, 2.05) is 68.4 Å². The molecule has 0 aliphatic heterocycles. The molecular weight excluding hydrogens is 418 g/mol. The first kappa shape index (κ1) is 23.7. The van der Waals surface area contributed by atoms with Crippen LogP contribution in [0.5, 0.6) is 0 Å². The number of benzene rings is 3. The molecule has 0 unspecified atom stereocenters. The van der Waals surface area contributed by atoms with Crippen LogP contribution in [0.1, 0.15) is 33.2 Å². The monoisotopic (exact) mass is 445 g/mol. The Morgan fingerprint density at radius 1 is 0.939 bits per heavy atom. The van der Waals surface area contributed by atoms with Crippen LogP contribution in [0.4, 0.5) is 5.69 Å². The number of nitrogens with zero attached hydrogens (tertiary/aromatic N) is 1. The highest BCUT2D eigenvalue weighted by Crippen LogP contribution is 2.22. The Balaban J connectivity index is 1.80. The molecule has 0 spiro atoms. The van der Waals surface area contributed by atoms with Crippen molar-refractivity contribution in [2.45, 2.75) is 6.92 Å². The molecule has 33 heavy (non-hydrogen) atoms. The van der Waals surface area contributed by atoms with Crippen LogP contribution in [0.3, 0.4) is 0 Å². The number of fused-ring (bicyclic) bond motifs is 1. The smallest absolute Gasteiger partial charge is 0.337 e. The molecule has 7 heteroatoms. The molecule has 3 N–H and O–H groups in total. The maximum absolute atomic E-state index is 12.7. The quantitative estimate of drug-likeness (QED) is 0.457. The number of hydrogen-bond donors (Lipinski definition) is 3. The van der Waals surface area contributed by atoms with Gasteiger partial charge in [0.1, 0.15) is 0 Å². The van der Waals surface area contributed by atoms with E-state index in [0.717, 1.165) is 21.9 Å². The summed E-state index contributed by atoms with van der Waals surface area (Å²) < 4.78 is 0. The number of nitrogens with one attached hydrogen (secondary N) is 2. The molecular formula is C26H27N3O4. The minimum absolute atomic E-state index is 0.0651. The van der Waals surface area contributed by atoms with Crippen molar-refractivity contribution in [1.29, 1.82) is 0 Å². The third kappa shape index (κ3) is 6.27. The zero-order valence-corrected chi connectivity index (χ0v) is 18.9. The largest absolute Gasteiger partial charge is 0.478 e. The summed E-state index contributed by atoms with van der Waals surface area (Å²) in [5.41, 5.74) is 1.86. The van der Waals surface area contributed by atoms with E-state index in [-0.39, 0.29) is 22.7 Å². The first-order valence-corrected chi connectivity index (χ1v) is 10.5. The van der Waals surface area contributed by atoms with E-state index in [1.165, 1.54) is 24.3 Å². The summed E-state index contributed by atoms with van der Waals surface area (Å²) in [6.07, 6.45) is 1.42. The van der Waals surface area contributed by atoms with E-state index in [0.29, 0.717) is 13.1 Å². The zero-order valence-electron chi connectivity index (χ0n) is 18.9. The normalized spacial score (nSPS) is 11.5. The number of carbonyl (C=O) groups excluding carboxylic acids is 2. The summed E-state index contributed by atoms with van der Waals surface area (Å²) >= 11 is 0. The molecule has 3 aromatic rings. The van der Waals surface area contributed by atoms with Crippen molar-refractivity contribution in [2.75, 3.05) is 32.5 Å². The predicted octanol–water partition coefficient (Wildman–Crippen LogP) is 3.87. The zero-order chi connectivity index (χ0) is 24.0. The van der Waals surface area contributed by atoms with Gasteiger partial charge in [0.15, 0.2) is 0 Å². The van der Waals surface area contributed by atoms with Gasteiger partial charge >= 0.3 is 5.97 Å². The van der Waals surface area contributed by atoms with Crippen LogP contribution in [-0.2, 0) is 4.79 Å². The van der Waals surface area contributed by atoms with Gasteiger partial charge in [0.05, 0.1) is 11.3 Å². The van der Waals surface area contributed by atoms with Crippen LogP contribution in [0, 0.1) is 0 Å². The molecule has 0 saturated carbocycles. The fourth-order valence-corrected chi connectivity index (χ4v) is 3.35. The number of carbonyl (C=O) groups is 3. The first-order valence-electron chi connectivity index (χ1n) is 10.5. The van der Waals surface area contributed by atoms with E-state index < -0.39 is 11.9 Å². The maximum atomic E-state index is 12.7. The molecule has 0 aliphatic rings. The number of allylic oxidation sites excluding steroid dienone is 1. The van der Waals surface area contributed by atoms with Gasteiger partial charge in [0, 0.05) is 24.7 Å². The second-order valence-corrected chi connectivity index (χ2v) is 8.00. The van der Waals surface area contributed by atoms with Crippen LogP contribution >= 0.6 is 0 Å². The van der Waals surface area contributed by atoms with Crippen molar-refractivity contribution in [3.63, 3.8) is 0 Å². The van der Waals surface area contributed by atoms with E-state index in [9.17, 15) is 19.5 Å². The molecule has 170 valence electrons. The first-order chi connectivity index (χ1) is 15.7. The topological polar surface area (TPSA) is 98.7 Å². The SMILES string of the molecule is CC(=CC(=O)Nc1cc(C(=O)NCCN(C)C)ccc1C(=O)O)c1ccc2ccccc2c1. The predicted molar refractivity (Wildman–Crippen MR) is 131 cm³/mol. The van der Waals surface area contributed by atoms with Crippen molar-refractivity contribution in [3.8, 4) is 0 Å². The van der Waals surface area contributed by atoms with Gasteiger partial charge < -0.3 is 20.6 Å². The Morgan fingerprint density at radius 3 is 2.33 bits per heavy atom. The summed E-state index contributed by atoms with van der Waals surface area (Å²) in [6.45, 7) is 2.93. The molecule has 3 aromatic carbocycles. The third-order valence-electron chi connectivity index (χ3n) is 5.17. The number of carboxylic acid groups (broad SMARTS) is 1. The summed E-state index contributed by atoms with van der Waals surface area (Å²) in [5.74, 6) is -2.01. The highest BCUT2D eigenvalue weighted by atomic mass is 16.4. The minimum atomic E-state index is -1.19. The summed E-state index contributed by atoms with van der Waals surface area (Å²) in [7, 11) is 3.80. The fraction of sp³-hybridized carbons (Fsp3) is 0.192. The second-order valence-electron chi connectivity index (χ2n) is 8.00. The van der Waals surface area contributed by atoms with Gasteiger partial charge in [-0.1, -0.05) is 36.4 Å². The average Bonchev–Trinajstić information content (AvgIpc) is 2.78. The lowest BCUT2D eigenvalue weighted by Crippen LogP contribution is -2.31. The molecule has 0 aliphatic carbocycles. The third-order valence-corrected chi connectivity index (χ3v) is 5.17. The van der Waals surface area contributed by atoms with Crippen LogP contribution in [0.15, 0.2) is 66.7 Å². The maximum Gasteiger partial charge on any atom is 0.337 e. The van der Waals surface area contributed by atoms with Gasteiger partial charge in [-0.3, -0.25) is 9.59 Å². The number of rotatable bonds is 8. The number of amides is 2. The Morgan fingerprint density at radius 2 is 1.64 bits per heavy atom. The highest BCUT2D eigenvalue weighted by Gasteiger charge is 2.15. The Kier molecular flexibility index (Phi) is 7.58. The number of aromatic carboxylic acids is 1. The molecule has 3 rings (SSSR count). The standard InChI is InChI=1S/C26H27N3O4/c1-17(19-9-8-18-6-4-5-7-20(18)15-19)14-24(30)28-23-16-21(10-11-22(23)26(32)33)25(31)27-12-13-29(2)3/h4-11,14-16H,12-13H2,1-3H3,(H,27,31)(H,28,30)(H,32,33). The van der Waals surface area contributed by atoms with Crippen LogP contribution < -0.4 is 10.6 Å².